The van der Waals surface area contributed by atoms with E-state index < -0.39 is 10.0 Å². The normalized spacial score (nSPS) is 13.8. The van der Waals surface area contributed by atoms with E-state index in [1.54, 1.807) is 31.2 Å². The Labute approximate surface area is 152 Å². The second-order valence-electron chi connectivity index (χ2n) is 5.81. The number of hydrogen-bond donors (Lipinski definition) is 1. The van der Waals surface area contributed by atoms with Gasteiger partial charge in [-0.1, -0.05) is 11.6 Å². The molecule has 0 bridgehead atoms. The van der Waals surface area contributed by atoms with Crippen molar-refractivity contribution < 1.29 is 17.9 Å². The van der Waals surface area contributed by atoms with Crippen LogP contribution in [0.25, 0.3) is 0 Å². The number of aryl methyl sites for hydroxylation is 1. The van der Waals surface area contributed by atoms with Crippen molar-refractivity contribution in [2.24, 2.45) is 0 Å². The van der Waals surface area contributed by atoms with Crippen molar-refractivity contribution in [3.63, 3.8) is 0 Å². The lowest BCUT2D eigenvalue weighted by atomic mass is 10.2. The van der Waals surface area contributed by atoms with Gasteiger partial charge in [-0.2, -0.15) is 0 Å². The third-order valence-electron chi connectivity index (χ3n) is 4.06. The van der Waals surface area contributed by atoms with Gasteiger partial charge in [0.25, 0.3) is 10.0 Å². The first kappa shape index (κ1) is 17.7. The lowest BCUT2D eigenvalue weighted by Crippen LogP contribution is -2.29. The molecule has 8 heteroatoms. The fraction of sp³-hybridized carbons (Fsp3) is 0.294. The molecule has 134 valence electrons. The maximum absolute atomic E-state index is 12.8. The zero-order valence-electron chi connectivity index (χ0n) is 14.2. The Balaban J connectivity index is 1.98. The predicted octanol–water partition coefficient (Wildman–Crippen LogP) is 3.29. The van der Waals surface area contributed by atoms with Crippen LogP contribution in [0, 0.1) is 6.92 Å². The number of fused-ring (bicyclic) bond motifs is 1. The molecule has 0 unspecified atom stereocenters. The van der Waals surface area contributed by atoms with E-state index in [0.29, 0.717) is 35.4 Å². The van der Waals surface area contributed by atoms with Gasteiger partial charge in [-0.05, 0) is 36.8 Å². The van der Waals surface area contributed by atoms with Gasteiger partial charge in [0.1, 0.15) is 18.1 Å². The van der Waals surface area contributed by atoms with Gasteiger partial charge in [0, 0.05) is 18.1 Å². The molecule has 1 aliphatic rings. The van der Waals surface area contributed by atoms with Crippen molar-refractivity contribution in [1.29, 1.82) is 0 Å². The van der Waals surface area contributed by atoms with Gasteiger partial charge in [0.05, 0.1) is 29.9 Å². The van der Waals surface area contributed by atoms with Crippen molar-refractivity contribution in [3.05, 3.63) is 40.9 Å². The Morgan fingerprint density at radius 3 is 2.76 bits per heavy atom. The maximum atomic E-state index is 12.8. The van der Waals surface area contributed by atoms with E-state index in [9.17, 15) is 8.42 Å². The molecule has 25 heavy (non-hydrogen) atoms. The number of rotatable bonds is 4. The number of likely N-dealkylation sites (N-methyl/N-ethyl adjacent to an activating group) is 1. The summed E-state index contributed by atoms with van der Waals surface area (Å²) in [6.45, 7) is 3.08. The lowest BCUT2D eigenvalue weighted by Gasteiger charge is -2.28. The average Bonchev–Trinajstić information content (AvgIpc) is 2.57. The second-order valence-corrected chi connectivity index (χ2v) is 7.90. The fourth-order valence-electron chi connectivity index (χ4n) is 2.61. The summed E-state index contributed by atoms with van der Waals surface area (Å²) in [5.41, 5.74) is 1.83. The highest BCUT2D eigenvalue weighted by Crippen LogP contribution is 2.35. The summed E-state index contributed by atoms with van der Waals surface area (Å²) < 4.78 is 39.0. The summed E-state index contributed by atoms with van der Waals surface area (Å²) in [5, 5.41) is 0.507. The number of benzene rings is 2. The van der Waals surface area contributed by atoms with E-state index in [4.69, 9.17) is 21.1 Å². The van der Waals surface area contributed by atoms with Gasteiger partial charge in [-0.25, -0.2) is 8.42 Å². The van der Waals surface area contributed by atoms with Gasteiger partial charge >= 0.3 is 0 Å². The molecule has 1 N–H and O–H groups in total. The second kappa shape index (κ2) is 6.65. The van der Waals surface area contributed by atoms with E-state index in [0.717, 1.165) is 11.3 Å². The molecule has 0 aromatic heterocycles. The highest BCUT2D eigenvalue weighted by atomic mass is 35.5. The standard InChI is InChI=1S/C17H19ClN2O4S/c1-11-8-14(17(23-3)10-13(11)18)19-25(21,22)12-4-5-16-15(9-12)20(2)6-7-24-16/h4-5,8-10,19H,6-7H2,1-3H3. The molecule has 3 rings (SSSR count). The molecular formula is C17H19ClN2O4S. The minimum atomic E-state index is -3.79. The largest absolute Gasteiger partial charge is 0.495 e. The number of anilines is 2. The van der Waals surface area contributed by atoms with Gasteiger partial charge in [0.2, 0.25) is 0 Å². The molecule has 0 fully saturated rings. The number of nitrogens with one attached hydrogen (secondary N) is 1. The maximum Gasteiger partial charge on any atom is 0.262 e. The monoisotopic (exact) mass is 382 g/mol. The molecule has 2 aromatic rings. The summed E-state index contributed by atoms with van der Waals surface area (Å²) in [6.07, 6.45) is 0. The number of halogens is 1. The number of hydrogen-bond acceptors (Lipinski definition) is 5. The fourth-order valence-corrected chi connectivity index (χ4v) is 3.85. The van der Waals surface area contributed by atoms with Crippen LogP contribution >= 0.6 is 11.6 Å². The molecule has 0 atom stereocenters. The molecule has 2 aromatic carbocycles. The predicted molar refractivity (Wildman–Crippen MR) is 98.8 cm³/mol. The van der Waals surface area contributed by atoms with Crippen LogP contribution in [-0.2, 0) is 10.0 Å². The molecular weight excluding hydrogens is 364 g/mol. The van der Waals surface area contributed by atoms with E-state index in [1.807, 2.05) is 11.9 Å². The quantitative estimate of drug-likeness (QED) is 0.878. The topological polar surface area (TPSA) is 67.9 Å². The first-order chi connectivity index (χ1) is 11.8. The zero-order chi connectivity index (χ0) is 18.2. The molecule has 0 amide bonds. The molecule has 0 saturated heterocycles. The van der Waals surface area contributed by atoms with Crippen molar-refractivity contribution in [2.75, 3.05) is 36.9 Å². The van der Waals surface area contributed by atoms with Crippen molar-refractivity contribution in [2.45, 2.75) is 11.8 Å². The molecule has 1 heterocycles. The van der Waals surface area contributed by atoms with Crippen LogP contribution in [0.2, 0.25) is 5.02 Å². The first-order valence-corrected chi connectivity index (χ1v) is 9.53. The third-order valence-corrected chi connectivity index (χ3v) is 5.83. The molecule has 6 nitrogen and oxygen atoms in total. The summed E-state index contributed by atoms with van der Waals surface area (Å²) in [5.74, 6) is 1.03. The van der Waals surface area contributed by atoms with Gasteiger partial charge in [0.15, 0.2) is 0 Å². The minimum absolute atomic E-state index is 0.151. The Hall–Kier alpha value is -2.12. The summed E-state index contributed by atoms with van der Waals surface area (Å²) in [7, 11) is -0.426. The van der Waals surface area contributed by atoms with Crippen molar-refractivity contribution in [3.8, 4) is 11.5 Å². The summed E-state index contributed by atoms with van der Waals surface area (Å²) >= 11 is 6.07. The van der Waals surface area contributed by atoms with Crippen LogP contribution in [0.4, 0.5) is 11.4 Å². The van der Waals surface area contributed by atoms with Gasteiger partial charge < -0.3 is 14.4 Å². The highest BCUT2D eigenvalue weighted by molar-refractivity contribution is 7.92. The van der Waals surface area contributed by atoms with E-state index in [-0.39, 0.29) is 4.90 Å². The Morgan fingerprint density at radius 2 is 2.04 bits per heavy atom. The zero-order valence-corrected chi connectivity index (χ0v) is 15.7. The summed E-state index contributed by atoms with van der Waals surface area (Å²) in [6, 6.07) is 8.03. The van der Waals surface area contributed by atoms with Gasteiger partial charge in [-0.15, -0.1) is 0 Å². The lowest BCUT2D eigenvalue weighted by molar-refractivity contribution is 0.311. The van der Waals surface area contributed by atoms with Crippen molar-refractivity contribution in [1.82, 2.24) is 0 Å². The summed E-state index contributed by atoms with van der Waals surface area (Å²) in [4.78, 5) is 2.11. The molecule has 0 aliphatic carbocycles. The van der Waals surface area contributed by atoms with Crippen LogP contribution in [0.3, 0.4) is 0 Å². The molecule has 0 spiro atoms. The average molecular weight is 383 g/mol. The van der Waals surface area contributed by atoms with E-state index in [1.165, 1.54) is 13.2 Å². The van der Waals surface area contributed by atoms with Crippen LogP contribution in [0.1, 0.15) is 5.56 Å². The minimum Gasteiger partial charge on any atom is -0.495 e. The Morgan fingerprint density at radius 1 is 1.28 bits per heavy atom. The number of nitrogens with zero attached hydrogens (tertiary/aromatic N) is 1. The Kier molecular flexibility index (Phi) is 4.71. The van der Waals surface area contributed by atoms with Crippen LogP contribution < -0.4 is 19.1 Å². The van der Waals surface area contributed by atoms with Crippen LogP contribution in [0.15, 0.2) is 35.2 Å². The molecule has 0 radical (unpaired) electrons. The van der Waals surface area contributed by atoms with Crippen molar-refractivity contribution >= 4 is 33.0 Å². The van der Waals surface area contributed by atoms with Crippen LogP contribution in [0.5, 0.6) is 11.5 Å². The van der Waals surface area contributed by atoms with E-state index >= 15 is 0 Å². The number of ether oxygens (including phenoxy) is 2. The third kappa shape index (κ3) is 3.48. The first-order valence-electron chi connectivity index (χ1n) is 7.67. The smallest absolute Gasteiger partial charge is 0.262 e. The highest BCUT2D eigenvalue weighted by Gasteiger charge is 2.22. The number of sulfonamides is 1. The van der Waals surface area contributed by atoms with E-state index in [2.05, 4.69) is 4.72 Å². The Bertz CT molecular complexity index is 915. The SMILES string of the molecule is COc1cc(Cl)c(C)cc1NS(=O)(=O)c1ccc2c(c1)N(C)CCO2. The number of methoxy groups -OCH3 is 1. The molecule has 0 saturated carbocycles. The molecule has 1 aliphatic heterocycles. The van der Waals surface area contributed by atoms with Crippen LogP contribution in [-0.4, -0.2) is 35.7 Å². The van der Waals surface area contributed by atoms with Gasteiger partial charge in [-0.3, -0.25) is 4.72 Å².